The van der Waals surface area contributed by atoms with Crippen LogP contribution < -0.4 is 4.74 Å². The molecule has 0 radical (unpaired) electrons. The summed E-state index contributed by atoms with van der Waals surface area (Å²) in [6.07, 6.45) is 1.67. The summed E-state index contributed by atoms with van der Waals surface area (Å²) in [5, 5.41) is 18.5. The van der Waals surface area contributed by atoms with Gasteiger partial charge in [0.25, 0.3) is 0 Å². The summed E-state index contributed by atoms with van der Waals surface area (Å²) in [5.41, 5.74) is 2.87. The SMILES string of the molecule is CC(C)COc1ccc(-c2[nH]ncc2-c2ccc(Cl)cc2Cl)c(O)c1. The van der Waals surface area contributed by atoms with Crippen molar-refractivity contribution in [2.45, 2.75) is 13.8 Å². The standard InChI is InChI=1S/C19H18Cl2N2O2/c1-11(2)10-25-13-4-6-15(18(24)8-13)19-16(9-22-23-19)14-5-3-12(20)7-17(14)21/h3-9,11,24H,10H2,1-2H3,(H,22,23). The second-order valence-corrected chi connectivity index (χ2v) is 7.01. The van der Waals surface area contributed by atoms with Crippen LogP contribution in [-0.4, -0.2) is 21.9 Å². The Labute approximate surface area is 156 Å². The molecule has 2 aromatic carbocycles. The van der Waals surface area contributed by atoms with Gasteiger partial charge in [-0.2, -0.15) is 5.10 Å². The normalized spacial score (nSPS) is 11.1. The van der Waals surface area contributed by atoms with Crippen molar-refractivity contribution >= 4 is 23.2 Å². The smallest absolute Gasteiger partial charge is 0.128 e. The van der Waals surface area contributed by atoms with Crippen LogP contribution in [-0.2, 0) is 0 Å². The fourth-order valence-electron chi connectivity index (χ4n) is 2.48. The van der Waals surface area contributed by atoms with Gasteiger partial charge in [-0.1, -0.05) is 43.1 Å². The van der Waals surface area contributed by atoms with Gasteiger partial charge in [0.1, 0.15) is 11.5 Å². The van der Waals surface area contributed by atoms with Crippen molar-refractivity contribution in [3.05, 3.63) is 52.6 Å². The summed E-state index contributed by atoms with van der Waals surface area (Å²) in [7, 11) is 0. The second kappa shape index (κ2) is 7.38. The molecule has 0 atom stereocenters. The van der Waals surface area contributed by atoms with Gasteiger partial charge in [-0.3, -0.25) is 5.10 Å². The number of H-pyrrole nitrogens is 1. The zero-order chi connectivity index (χ0) is 18.0. The van der Waals surface area contributed by atoms with Gasteiger partial charge >= 0.3 is 0 Å². The topological polar surface area (TPSA) is 58.1 Å². The Balaban J connectivity index is 1.97. The minimum atomic E-state index is 0.108. The number of phenols is 1. The summed E-state index contributed by atoms with van der Waals surface area (Å²) in [6.45, 7) is 4.73. The van der Waals surface area contributed by atoms with Crippen LogP contribution in [0.1, 0.15) is 13.8 Å². The molecule has 0 saturated carbocycles. The number of rotatable bonds is 5. The van der Waals surface area contributed by atoms with Crippen LogP contribution in [0.4, 0.5) is 0 Å². The van der Waals surface area contributed by atoms with Crippen LogP contribution in [0.2, 0.25) is 10.0 Å². The van der Waals surface area contributed by atoms with E-state index in [9.17, 15) is 5.11 Å². The fraction of sp³-hybridized carbons (Fsp3) is 0.211. The first-order valence-corrected chi connectivity index (χ1v) is 8.66. The minimum Gasteiger partial charge on any atom is -0.507 e. The molecule has 0 saturated heterocycles. The Morgan fingerprint density at radius 2 is 1.84 bits per heavy atom. The molecule has 3 rings (SSSR count). The molecule has 0 unspecified atom stereocenters. The molecule has 1 heterocycles. The van der Waals surface area contributed by atoms with E-state index in [-0.39, 0.29) is 5.75 Å². The molecule has 4 nitrogen and oxygen atoms in total. The van der Waals surface area contributed by atoms with Crippen molar-refractivity contribution in [1.82, 2.24) is 10.2 Å². The van der Waals surface area contributed by atoms with Crippen molar-refractivity contribution < 1.29 is 9.84 Å². The summed E-state index contributed by atoms with van der Waals surface area (Å²) >= 11 is 12.3. The first-order valence-electron chi connectivity index (χ1n) is 7.90. The lowest BCUT2D eigenvalue weighted by molar-refractivity contribution is 0.270. The number of hydrogen-bond acceptors (Lipinski definition) is 3. The minimum absolute atomic E-state index is 0.108. The van der Waals surface area contributed by atoms with Crippen molar-refractivity contribution in [2.75, 3.05) is 6.61 Å². The van der Waals surface area contributed by atoms with Gasteiger partial charge in [0.15, 0.2) is 0 Å². The number of hydrogen-bond donors (Lipinski definition) is 2. The quantitative estimate of drug-likeness (QED) is 0.592. The molecule has 6 heteroatoms. The van der Waals surface area contributed by atoms with Gasteiger partial charge in [0.05, 0.1) is 23.5 Å². The molecule has 2 N–H and O–H groups in total. The van der Waals surface area contributed by atoms with E-state index in [1.807, 2.05) is 12.1 Å². The highest BCUT2D eigenvalue weighted by Gasteiger charge is 2.16. The average Bonchev–Trinajstić information content (AvgIpc) is 3.02. The lowest BCUT2D eigenvalue weighted by Gasteiger charge is -2.11. The van der Waals surface area contributed by atoms with E-state index in [0.717, 1.165) is 11.1 Å². The van der Waals surface area contributed by atoms with Crippen molar-refractivity contribution in [3.63, 3.8) is 0 Å². The first kappa shape index (κ1) is 17.6. The van der Waals surface area contributed by atoms with Crippen LogP contribution in [0, 0.1) is 5.92 Å². The van der Waals surface area contributed by atoms with Gasteiger partial charge in [0, 0.05) is 27.8 Å². The van der Waals surface area contributed by atoms with E-state index in [1.54, 1.807) is 30.5 Å². The summed E-state index contributed by atoms with van der Waals surface area (Å²) in [6, 6.07) is 10.5. The number of aromatic hydroxyl groups is 1. The fourth-order valence-corrected chi connectivity index (χ4v) is 2.99. The van der Waals surface area contributed by atoms with Crippen molar-refractivity contribution in [1.29, 1.82) is 0 Å². The van der Waals surface area contributed by atoms with E-state index in [2.05, 4.69) is 24.0 Å². The number of ether oxygens (including phenoxy) is 1. The predicted molar refractivity (Wildman–Crippen MR) is 101 cm³/mol. The first-order chi connectivity index (χ1) is 12.0. The third-order valence-electron chi connectivity index (χ3n) is 3.68. The molecule has 0 aliphatic heterocycles. The highest BCUT2D eigenvalue weighted by molar-refractivity contribution is 6.36. The average molecular weight is 377 g/mol. The Kier molecular flexibility index (Phi) is 5.21. The highest BCUT2D eigenvalue weighted by atomic mass is 35.5. The number of aromatic amines is 1. The van der Waals surface area contributed by atoms with Crippen molar-refractivity contribution in [2.24, 2.45) is 5.92 Å². The number of benzene rings is 2. The molecule has 0 aliphatic rings. The summed E-state index contributed by atoms with van der Waals surface area (Å²) < 4.78 is 5.65. The number of halogens is 2. The molecule has 3 aromatic rings. The van der Waals surface area contributed by atoms with E-state index in [1.165, 1.54) is 0 Å². The molecular formula is C19H18Cl2N2O2. The third-order valence-corrected chi connectivity index (χ3v) is 4.23. The van der Waals surface area contributed by atoms with Crippen LogP contribution in [0.15, 0.2) is 42.6 Å². The molecule has 0 spiro atoms. The molecule has 25 heavy (non-hydrogen) atoms. The van der Waals surface area contributed by atoms with E-state index in [0.29, 0.717) is 39.6 Å². The lowest BCUT2D eigenvalue weighted by atomic mass is 10.0. The van der Waals surface area contributed by atoms with Crippen LogP contribution in [0.5, 0.6) is 11.5 Å². The van der Waals surface area contributed by atoms with Crippen LogP contribution >= 0.6 is 23.2 Å². The Morgan fingerprint density at radius 3 is 2.52 bits per heavy atom. The summed E-state index contributed by atoms with van der Waals surface area (Å²) in [4.78, 5) is 0. The molecule has 130 valence electrons. The Morgan fingerprint density at radius 1 is 1.08 bits per heavy atom. The number of phenolic OH excluding ortho intramolecular Hbond substituents is 1. The van der Waals surface area contributed by atoms with E-state index >= 15 is 0 Å². The maximum atomic E-state index is 10.4. The molecule has 0 bridgehead atoms. The molecule has 0 fully saturated rings. The number of nitrogens with zero attached hydrogens (tertiary/aromatic N) is 1. The zero-order valence-corrected chi connectivity index (χ0v) is 15.4. The van der Waals surface area contributed by atoms with Gasteiger partial charge in [-0.05, 0) is 30.2 Å². The molecular weight excluding hydrogens is 359 g/mol. The molecule has 1 aromatic heterocycles. The monoisotopic (exact) mass is 376 g/mol. The predicted octanol–water partition coefficient (Wildman–Crippen LogP) is 5.79. The maximum absolute atomic E-state index is 10.4. The Hall–Kier alpha value is -2.17. The molecule has 0 aliphatic carbocycles. The Bertz CT molecular complexity index is 891. The van der Waals surface area contributed by atoms with Crippen LogP contribution in [0.25, 0.3) is 22.4 Å². The molecule has 0 amide bonds. The number of nitrogens with one attached hydrogen (secondary N) is 1. The second-order valence-electron chi connectivity index (χ2n) is 6.17. The van der Waals surface area contributed by atoms with Gasteiger partial charge < -0.3 is 9.84 Å². The number of aromatic nitrogens is 2. The van der Waals surface area contributed by atoms with E-state index in [4.69, 9.17) is 27.9 Å². The van der Waals surface area contributed by atoms with Crippen molar-refractivity contribution in [3.8, 4) is 33.9 Å². The third kappa shape index (κ3) is 3.91. The lowest BCUT2D eigenvalue weighted by Crippen LogP contribution is -2.04. The van der Waals surface area contributed by atoms with Gasteiger partial charge in [-0.15, -0.1) is 0 Å². The summed E-state index contributed by atoms with van der Waals surface area (Å²) in [5.74, 6) is 1.14. The highest BCUT2D eigenvalue weighted by Crippen LogP contribution is 2.39. The zero-order valence-electron chi connectivity index (χ0n) is 13.9. The van der Waals surface area contributed by atoms with E-state index < -0.39 is 0 Å². The van der Waals surface area contributed by atoms with Gasteiger partial charge in [-0.25, -0.2) is 0 Å². The van der Waals surface area contributed by atoms with Gasteiger partial charge in [0.2, 0.25) is 0 Å². The maximum Gasteiger partial charge on any atom is 0.128 e. The largest absolute Gasteiger partial charge is 0.507 e. The van der Waals surface area contributed by atoms with Crippen LogP contribution in [0.3, 0.4) is 0 Å².